The summed E-state index contributed by atoms with van der Waals surface area (Å²) >= 11 is 0. The SMILES string of the molecule is O=S(=O)(C=Cc1ccccc1)NCc1ccccc1CN1CCCCC1. The van der Waals surface area contributed by atoms with Gasteiger partial charge in [0.25, 0.3) is 0 Å². The zero-order valence-electron chi connectivity index (χ0n) is 15.0. The summed E-state index contributed by atoms with van der Waals surface area (Å²) in [5, 5.41) is 1.23. The number of hydrogen-bond acceptors (Lipinski definition) is 3. The fourth-order valence-electron chi connectivity index (χ4n) is 3.20. The first-order valence-electron chi connectivity index (χ1n) is 9.14. The van der Waals surface area contributed by atoms with Gasteiger partial charge in [-0.25, -0.2) is 13.1 Å². The highest BCUT2D eigenvalue weighted by Crippen LogP contribution is 2.16. The second kappa shape index (κ2) is 9.12. The van der Waals surface area contributed by atoms with Gasteiger partial charge in [-0.2, -0.15) is 0 Å². The fourth-order valence-corrected chi connectivity index (χ4v) is 3.99. The summed E-state index contributed by atoms with van der Waals surface area (Å²) in [4.78, 5) is 2.45. The van der Waals surface area contributed by atoms with E-state index in [4.69, 9.17) is 0 Å². The Morgan fingerprint density at radius 3 is 2.27 bits per heavy atom. The molecule has 5 heteroatoms. The number of nitrogens with one attached hydrogen (secondary N) is 1. The van der Waals surface area contributed by atoms with Crippen LogP contribution in [0.3, 0.4) is 0 Å². The van der Waals surface area contributed by atoms with E-state index in [-0.39, 0.29) is 0 Å². The van der Waals surface area contributed by atoms with Crippen LogP contribution in [-0.4, -0.2) is 26.4 Å². The van der Waals surface area contributed by atoms with Crippen molar-refractivity contribution in [1.82, 2.24) is 9.62 Å². The summed E-state index contributed by atoms with van der Waals surface area (Å²) in [6.07, 6.45) is 5.42. The molecule has 0 atom stereocenters. The lowest BCUT2D eigenvalue weighted by molar-refractivity contribution is 0.220. The van der Waals surface area contributed by atoms with Crippen molar-refractivity contribution in [1.29, 1.82) is 0 Å². The van der Waals surface area contributed by atoms with Gasteiger partial charge in [0.1, 0.15) is 0 Å². The first-order valence-corrected chi connectivity index (χ1v) is 10.7. The van der Waals surface area contributed by atoms with E-state index in [1.165, 1.54) is 30.2 Å². The van der Waals surface area contributed by atoms with Crippen molar-refractivity contribution < 1.29 is 8.42 Å². The van der Waals surface area contributed by atoms with Gasteiger partial charge in [0.15, 0.2) is 0 Å². The lowest BCUT2D eigenvalue weighted by atomic mass is 10.1. The number of likely N-dealkylation sites (tertiary alicyclic amines) is 1. The Hall–Kier alpha value is -1.95. The highest BCUT2D eigenvalue weighted by atomic mass is 32.2. The van der Waals surface area contributed by atoms with Crippen LogP contribution in [0.15, 0.2) is 60.0 Å². The van der Waals surface area contributed by atoms with E-state index >= 15 is 0 Å². The van der Waals surface area contributed by atoms with Crippen LogP contribution in [-0.2, 0) is 23.1 Å². The number of benzene rings is 2. The predicted molar refractivity (Wildman–Crippen MR) is 107 cm³/mol. The van der Waals surface area contributed by atoms with Crippen molar-refractivity contribution in [2.75, 3.05) is 13.1 Å². The molecule has 138 valence electrons. The third kappa shape index (κ3) is 5.80. The smallest absolute Gasteiger partial charge is 0.234 e. The van der Waals surface area contributed by atoms with Crippen molar-refractivity contribution in [2.45, 2.75) is 32.4 Å². The highest BCUT2D eigenvalue weighted by Gasteiger charge is 2.13. The molecule has 1 N–H and O–H groups in total. The molecule has 0 aliphatic carbocycles. The molecule has 0 bridgehead atoms. The molecular formula is C21H26N2O2S. The van der Waals surface area contributed by atoms with Gasteiger partial charge in [-0.1, -0.05) is 61.0 Å². The first-order chi connectivity index (χ1) is 12.6. The summed E-state index contributed by atoms with van der Waals surface area (Å²) in [5.41, 5.74) is 3.10. The van der Waals surface area contributed by atoms with Gasteiger partial charge in [0, 0.05) is 18.5 Å². The summed E-state index contributed by atoms with van der Waals surface area (Å²) in [6, 6.07) is 17.5. The van der Waals surface area contributed by atoms with E-state index in [2.05, 4.69) is 15.7 Å². The summed E-state index contributed by atoms with van der Waals surface area (Å²) in [6.45, 7) is 3.45. The van der Waals surface area contributed by atoms with Crippen LogP contribution in [0.5, 0.6) is 0 Å². The Morgan fingerprint density at radius 1 is 0.885 bits per heavy atom. The molecule has 0 unspecified atom stereocenters. The molecule has 3 rings (SSSR count). The topological polar surface area (TPSA) is 49.4 Å². The van der Waals surface area contributed by atoms with E-state index in [1.54, 1.807) is 6.08 Å². The molecule has 4 nitrogen and oxygen atoms in total. The standard InChI is InChI=1S/C21H26N2O2S/c24-26(25,16-13-19-9-3-1-4-10-19)22-17-20-11-5-6-12-21(20)18-23-14-7-2-8-15-23/h1,3-6,9-13,16,22H,2,7-8,14-15,17-18H2. The van der Waals surface area contributed by atoms with Crippen LogP contribution in [0.1, 0.15) is 36.0 Å². The average Bonchev–Trinajstić information content (AvgIpc) is 2.68. The van der Waals surface area contributed by atoms with Crippen LogP contribution in [0.4, 0.5) is 0 Å². The summed E-state index contributed by atoms with van der Waals surface area (Å²) in [5.74, 6) is 0. The van der Waals surface area contributed by atoms with Gasteiger partial charge in [-0.15, -0.1) is 0 Å². The molecule has 0 amide bonds. The Balaban J connectivity index is 1.62. The van der Waals surface area contributed by atoms with Crippen molar-refractivity contribution in [2.24, 2.45) is 0 Å². The van der Waals surface area contributed by atoms with E-state index in [0.29, 0.717) is 6.54 Å². The first kappa shape index (κ1) is 18.8. The highest BCUT2D eigenvalue weighted by molar-refractivity contribution is 7.92. The van der Waals surface area contributed by atoms with E-state index < -0.39 is 10.0 Å². The molecule has 0 radical (unpaired) electrons. The Morgan fingerprint density at radius 2 is 1.54 bits per heavy atom. The molecule has 1 saturated heterocycles. The summed E-state index contributed by atoms with van der Waals surface area (Å²) < 4.78 is 27.2. The second-order valence-electron chi connectivity index (χ2n) is 6.69. The van der Waals surface area contributed by atoms with Crippen molar-refractivity contribution in [3.8, 4) is 0 Å². The van der Waals surface area contributed by atoms with E-state index in [1.807, 2.05) is 48.5 Å². The van der Waals surface area contributed by atoms with Crippen LogP contribution >= 0.6 is 0 Å². The quantitative estimate of drug-likeness (QED) is 0.807. The molecule has 0 spiro atoms. The van der Waals surface area contributed by atoms with Gasteiger partial charge in [-0.3, -0.25) is 4.90 Å². The van der Waals surface area contributed by atoms with E-state index in [9.17, 15) is 8.42 Å². The van der Waals surface area contributed by atoms with Crippen molar-refractivity contribution >= 4 is 16.1 Å². The molecule has 1 heterocycles. The minimum absolute atomic E-state index is 0.311. The monoisotopic (exact) mass is 370 g/mol. The van der Waals surface area contributed by atoms with Gasteiger partial charge >= 0.3 is 0 Å². The van der Waals surface area contributed by atoms with Crippen LogP contribution < -0.4 is 4.72 Å². The Kier molecular flexibility index (Phi) is 6.61. The Bertz CT molecular complexity index is 826. The van der Waals surface area contributed by atoms with Gasteiger partial charge in [0.05, 0.1) is 0 Å². The number of rotatable bonds is 7. The maximum absolute atomic E-state index is 12.3. The number of hydrogen-bond donors (Lipinski definition) is 1. The lowest BCUT2D eigenvalue weighted by Crippen LogP contribution is -2.30. The average molecular weight is 371 g/mol. The zero-order valence-corrected chi connectivity index (χ0v) is 15.8. The predicted octanol–water partition coefficient (Wildman–Crippen LogP) is 3.76. The molecular weight excluding hydrogens is 344 g/mol. The number of piperidine rings is 1. The summed E-state index contributed by atoms with van der Waals surface area (Å²) in [7, 11) is -3.47. The zero-order chi connectivity index (χ0) is 18.2. The van der Waals surface area contributed by atoms with Gasteiger partial charge in [0.2, 0.25) is 10.0 Å². The molecule has 1 aliphatic rings. The third-order valence-electron chi connectivity index (χ3n) is 4.66. The normalized spacial score (nSPS) is 16.2. The molecule has 2 aromatic carbocycles. The van der Waals surface area contributed by atoms with Crippen molar-refractivity contribution in [3.05, 3.63) is 76.7 Å². The molecule has 26 heavy (non-hydrogen) atoms. The van der Waals surface area contributed by atoms with Gasteiger partial charge < -0.3 is 0 Å². The van der Waals surface area contributed by atoms with Crippen LogP contribution in [0.2, 0.25) is 0 Å². The molecule has 1 aliphatic heterocycles. The number of sulfonamides is 1. The van der Waals surface area contributed by atoms with Crippen LogP contribution in [0.25, 0.3) is 6.08 Å². The minimum Gasteiger partial charge on any atom is -0.299 e. The van der Waals surface area contributed by atoms with E-state index in [0.717, 1.165) is 30.8 Å². The molecule has 1 fully saturated rings. The second-order valence-corrected chi connectivity index (χ2v) is 8.34. The van der Waals surface area contributed by atoms with Crippen molar-refractivity contribution in [3.63, 3.8) is 0 Å². The maximum Gasteiger partial charge on any atom is 0.234 e. The lowest BCUT2D eigenvalue weighted by Gasteiger charge is -2.27. The minimum atomic E-state index is -3.47. The maximum atomic E-state index is 12.3. The fraction of sp³-hybridized carbons (Fsp3) is 0.333. The Labute approximate surface area is 156 Å². The van der Waals surface area contributed by atoms with Gasteiger partial charge in [-0.05, 0) is 48.7 Å². The largest absolute Gasteiger partial charge is 0.299 e. The van der Waals surface area contributed by atoms with Crippen LogP contribution in [0, 0.1) is 0 Å². The molecule has 2 aromatic rings. The third-order valence-corrected chi connectivity index (χ3v) is 5.71. The molecule has 0 saturated carbocycles. The molecule has 0 aromatic heterocycles. The number of nitrogens with zero attached hydrogens (tertiary/aromatic N) is 1.